The summed E-state index contributed by atoms with van der Waals surface area (Å²) < 4.78 is 0. The summed E-state index contributed by atoms with van der Waals surface area (Å²) in [5.74, 6) is 0.506. The number of ketones is 1. The van der Waals surface area contributed by atoms with Gasteiger partial charge in [0.25, 0.3) is 0 Å². The van der Waals surface area contributed by atoms with Crippen LogP contribution >= 0.6 is 23.5 Å². The molecule has 0 aliphatic rings. The fourth-order valence-corrected chi connectivity index (χ4v) is 3.18. The van der Waals surface area contributed by atoms with Crippen molar-refractivity contribution < 1.29 is 4.79 Å². The Bertz CT molecular complexity index is 732. The van der Waals surface area contributed by atoms with Gasteiger partial charge in [0, 0.05) is 10.5 Å². The van der Waals surface area contributed by atoms with Crippen LogP contribution in [0.2, 0.25) is 0 Å². The van der Waals surface area contributed by atoms with Crippen LogP contribution in [0.1, 0.15) is 10.4 Å². The molecule has 2 aromatic carbocycles. The summed E-state index contributed by atoms with van der Waals surface area (Å²) in [4.78, 5) is 21.0. The lowest BCUT2D eigenvalue weighted by Crippen LogP contribution is -2.02. The molecule has 106 valence electrons. The van der Waals surface area contributed by atoms with E-state index in [-0.39, 0.29) is 5.78 Å². The average molecular weight is 314 g/mol. The molecule has 21 heavy (non-hydrogen) atoms. The molecule has 0 radical (unpaired) electrons. The lowest BCUT2D eigenvalue weighted by atomic mass is 10.1. The first-order valence-corrected chi connectivity index (χ1v) is 8.72. The molecule has 0 aliphatic heterocycles. The lowest BCUT2D eigenvalue weighted by Gasteiger charge is -2.01. The fourth-order valence-electron chi connectivity index (χ4n) is 1.99. The maximum atomic E-state index is 12.2. The molecule has 0 bridgehead atoms. The zero-order chi connectivity index (χ0) is 14.7. The number of fused-ring (bicyclic) bond motifs is 1. The van der Waals surface area contributed by atoms with E-state index in [1.807, 2.05) is 54.8 Å². The van der Waals surface area contributed by atoms with Crippen LogP contribution in [0.25, 0.3) is 11.0 Å². The van der Waals surface area contributed by atoms with Crippen LogP contribution in [0, 0.1) is 0 Å². The summed E-state index contributed by atoms with van der Waals surface area (Å²) in [6.45, 7) is 0. The number of hydrogen-bond donors (Lipinski definition) is 1. The molecule has 0 fully saturated rings. The SMILES string of the molecule is CSc1ccc(C(=O)CSc2nc3ccccc3[nH]2)cc1. The molecular weight excluding hydrogens is 300 g/mol. The van der Waals surface area contributed by atoms with Gasteiger partial charge in [-0.15, -0.1) is 11.8 Å². The molecule has 1 N–H and O–H groups in total. The van der Waals surface area contributed by atoms with Crippen molar-refractivity contribution in [3.8, 4) is 0 Å². The van der Waals surface area contributed by atoms with Gasteiger partial charge in [0.1, 0.15) is 0 Å². The van der Waals surface area contributed by atoms with Crippen molar-refractivity contribution in [3.05, 3.63) is 54.1 Å². The van der Waals surface area contributed by atoms with Gasteiger partial charge in [-0.1, -0.05) is 36.0 Å². The topological polar surface area (TPSA) is 45.8 Å². The number of rotatable bonds is 5. The van der Waals surface area contributed by atoms with E-state index in [0.29, 0.717) is 5.75 Å². The number of carbonyl (C=O) groups excluding carboxylic acids is 1. The lowest BCUT2D eigenvalue weighted by molar-refractivity contribution is 0.102. The van der Waals surface area contributed by atoms with Crippen molar-refractivity contribution in [2.24, 2.45) is 0 Å². The number of benzene rings is 2. The fraction of sp³-hybridized carbons (Fsp3) is 0.125. The van der Waals surface area contributed by atoms with Gasteiger partial charge in [-0.05, 0) is 30.5 Å². The number of imidazole rings is 1. The highest BCUT2D eigenvalue weighted by atomic mass is 32.2. The van der Waals surface area contributed by atoms with Gasteiger partial charge in [0.05, 0.1) is 16.8 Å². The largest absolute Gasteiger partial charge is 0.333 e. The third-order valence-electron chi connectivity index (χ3n) is 3.12. The second-order valence-corrected chi connectivity index (χ2v) is 6.34. The Morgan fingerprint density at radius 1 is 1.14 bits per heavy atom. The highest BCUT2D eigenvalue weighted by molar-refractivity contribution is 7.99. The smallest absolute Gasteiger partial charge is 0.173 e. The molecule has 1 aromatic heterocycles. The number of thioether (sulfide) groups is 2. The Morgan fingerprint density at radius 2 is 1.90 bits per heavy atom. The number of Topliss-reactive ketones (excluding diaryl/α,β-unsaturated/α-hetero) is 1. The van der Waals surface area contributed by atoms with E-state index in [9.17, 15) is 4.79 Å². The molecule has 0 spiro atoms. The Labute approximate surface area is 131 Å². The molecule has 0 amide bonds. The van der Waals surface area contributed by atoms with Gasteiger partial charge in [0.2, 0.25) is 0 Å². The summed E-state index contributed by atoms with van der Waals surface area (Å²) in [7, 11) is 0. The highest BCUT2D eigenvalue weighted by Crippen LogP contribution is 2.21. The van der Waals surface area contributed by atoms with E-state index in [2.05, 4.69) is 9.97 Å². The van der Waals surface area contributed by atoms with E-state index in [1.165, 1.54) is 11.8 Å². The predicted octanol–water partition coefficient (Wildman–Crippen LogP) is 4.26. The number of hydrogen-bond acceptors (Lipinski definition) is 4. The first-order chi connectivity index (χ1) is 10.3. The maximum Gasteiger partial charge on any atom is 0.173 e. The van der Waals surface area contributed by atoms with Gasteiger partial charge in [-0.3, -0.25) is 4.79 Å². The van der Waals surface area contributed by atoms with Crippen molar-refractivity contribution in [2.45, 2.75) is 10.1 Å². The zero-order valence-electron chi connectivity index (χ0n) is 11.5. The summed E-state index contributed by atoms with van der Waals surface area (Å²) in [6.07, 6.45) is 2.02. The molecule has 0 unspecified atom stereocenters. The summed E-state index contributed by atoms with van der Waals surface area (Å²) >= 11 is 3.11. The van der Waals surface area contributed by atoms with Crippen LogP contribution < -0.4 is 0 Å². The van der Waals surface area contributed by atoms with Crippen molar-refractivity contribution >= 4 is 40.3 Å². The summed E-state index contributed by atoms with van der Waals surface area (Å²) in [5, 5.41) is 0.783. The zero-order valence-corrected chi connectivity index (χ0v) is 13.1. The van der Waals surface area contributed by atoms with Crippen LogP contribution in [0.4, 0.5) is 0 Å². The van der Waals surface area contributed by atoms with Crippen molar-refractivity contribution in [1.29, 1.82) is 0 Å². The van der Waals surface area contributed by atoms with E-state index in [4.69, 9.17) is 0 Å². The number of nitrogens with zero attached hydrogens (tertiary/aromatic N) is 1. The van der Waals surface area contributed by atoms with Crippen molar-refractivity contribution in [2.75, 3.05) is 12.0 Å². The van der Waals surface area contributed by atoms with Gasteiger partial charge < -0.3 is 4.98 Å². The van der Waals surface area contributed by atoms with Gasteiger partial charge in [-0.25, -0.2) is 4.98 Å². The Hall–Kier alpha value is -1.72. The number of aromatic amines is 1. The minimum atomic E-state index is 0.119. The normalized spacial score (nSPS) is 10.9. The van der Waals surface area contributed by atoms with Crippen LogP contribution in [0.15, 0.2) is 58.6 Å². The van der Waals surface area contributed by atoms with Crippen LogP contribution in [0.5, 0.6) is 0 Å². The molecule has 5 heteroatoms. The first-order valence-electron chi connectivity index (χ1n) is 6.51. The number of para-hydroxylation sites is 2. The van der Waals surface area contributed by atoms with Crippen LogP contribution in [-0.2, 0) is 0 Å². The minimum absolute atomic E-state index is 0.119. The minimum Gasteiger partial charge on any atom is -0.333 e. The molecule has 3 aromatic rings. The number of carbonyl (C=O) groups is 1. The molecule has 1 heterocycles. The quantitative estimate of drug-likeness (QED) is 0.564. The van der Waals surface area contributed by atoms with E-state index >= 15 is 0 Å². The first kappa shape index (κ1) is 14.2. The van der Waals surface area contributed by atoms with Crippen molar-refractivity contribution in [3.63, 3.8) is 0 Å². The molecule has 3 rings (SSSR count). The molecule has 0 saturated heterocycles. The Morgan fingerprint density at radius 3 is 2.62 bits per heavy atom. The Kier molecular flexibility index (Phi) is 4.31. The number of H-pyrrole nitrogens is 1. The van der Waals surface area contributed by atoms with Gasteiger partial charge >= 0.3 is 0 Å². The maximum absolute atomic E-state index is 12.2. The second kappa shape index (κ2) is 6.37. The summed E-state index contributed by atoms with van der Waals surface area (Å²) in [6, 6.07) is 15.6. The van der Waals surface area contributed by atoms with Crippen LogP contribution in [0.3, 0.4) is 0 Å². The third kappa shape index (κ3) is 3.31. The molecular formula is C16H14N2OS2. The monoisotopic (exact) mass is 314 g/mol. The molecule has 0 aliphatic carbocycles. The molecule has 0 atom stereocenters. The number of aromatic nitrogens is 2. The van der Waals surface area contributed by atoms with Crippen molar-refractivity contribution in [1.82, 2.24) is 9.97 Å². The second-order valence-electron chi connectivity index (χ2n) is 4.50. The van der Waals surface area contributed by atoms with Gasteiger partial charge in [-0.2, -0.15) is 0 Å². The highest BCUT2D eigenvalue weighted by Gasteiger charge is 2.09. The predicted molar refractivity (Wildman–Crippen MR) is 89.4 cm³/mol. The van der Waals surface area contributed by atoms with E-state index in [0.717, 1.165) is 26.6 Å². The summed E-state index contributed by atoms with van der Waals surface area (Å²) in [5.41, 5.74) is 2.67. The van der Waals surface area contributed by atoms with Gasteiger partial charge in [0.15, 0.2) is 10.9 Å². The number of nitrogens with one attached hydrogen (secondary N) is 1. The molecule has 3 nitrogen and oxygen atoms in total. The Balaban J connectivity index is 1.67. The van der Waals surface area contributed by atoms with E-state index < -0.39 is 0 Å². The average Bonchev–Trinajstić information content (AvgIpc) is 2.95. The van der Waals surface area contributed by atoms with E-state index in [1.54, 1.807) is 11.8 Å². The third-order valence-corrected chi connectivity index (χ3v) is 4.74. The molecule has 0 saturated carbocycles. The van der Waals surface area contributed by atoms with Crippen LogP contribution in [-0.4, -0.2) is 27.8 Å². The standard InChI is InChI=1S/C16H14N2OS2/c1-20-12-8-6-11(7-9-12)15(19)10-21-16-17-13-4-2-3-5-14(13)18-16/h2-9H,10H2,1H3,(H,17,18).